The van der Waals surface area contributed by atoms with Crippen molar-refractivity contribution in [1.29, 1.82) is 0 Å². The monoisotopic (exact) mass is 217 g/mol. The number of hydrogen-bond acceptors (Lipinski definition) is 2. The summed E-state index contributed by atoms with van der Waals surface area (Å²) in [5.74, 6) is 0.511. The molecule has 0 aromatic carbocycles. The fourth-order valence-corrected chi connectivity index (χ4v) is 2.35. The Bertz CT molecular complexity index is 194. The minimum Gasteiger partial charge on any atom is -0.599 e. The summed E-state index contributed by atoms with van der Waals surface area (Å²) in [4.78, 5) is 4.92. The Hall–Kier alpha value is -0.120. The minimum atomic E-state index is -0.425. The molecule has 0 aromatic heterocycles. The highest BCUT2D eigenvalue weighted by Crippen LogP contribution is 2.41. The molecule has 3 heteroatoms. The Morgan fingerprint density at radius 2 is 1.73 bits per heavy atom. The normalized spacial score (nSPS) is 20.8. The Kier molecular flexibility index (Phi) is 5.24. The lowest BCUT2D eigenvalue weighted by Gasteiger charge is -2.50. The van der Waals surface area contributed by atoms with Crippen molar-refractivity contribution in [3.05, 3.63) is 5.21 Å². The zero-order chi connectivity index (χ0) is 12.3. The molecular weight excluding hydrogens is 190 g/mol. The number of hydroxylamine groups is 2. The summed E-state index contributed by atoms with van der Waals surface area (Å²) < 4.78 is 0. The molecule has 0 aliphatic carbocycles. The van der Waals surface area contributed by atoms with Crippen molar-refractivity contribution in [2.75, 3.05) is 7.11 Å². The zero-order valence-corrected chi connectivity index (χ0v) is 11.3. The van der Waals surface area contributed by atoms with Gasteiger partial charge in [-0.25, -0.2) is 10.1 Å². The molecule has 0 aliphatic rings. The van der Waals surface area contributed by atoms with Crippen LogP contribution in [0, 0.1) is 16.5 Å². The molecule has 0 amide bonds. The Labute approximate surface area is 94.3 Å². The lowest BCUT2D eigenvalue weighted by atomic mass is 9.63. The van der Waals surface area contributed by atoms with Crippen molar-refractivity contribution in [1.82, 2.24) is 0 Å². The van der Waals surface area contributed by atoms with Gasteiger partial charge in [0, 0.05) is 5.41 Å². The van der Waals surface area contributed by atoms with Crippen molar-refractivity contribution in [3.63, 3.8) is 0 Å². The summed E-state index contributed by atoms with van der Waals surface area (Å²) in [5.41, 5.74) is -0.430. The third-order valence-corrected chi connectivity index (χ3v) is 4.56. The van der Waals surface area contributed by atoms with Gasteiger partial charge in [0.25, 0.3) is 0 Å². The van der Waals surface area contributed by atoms with E-state index in [1.54, 1.807) is 0 Å². The number of quaternary nitrogens is 1. The Balaban J connectivity index is 5.08. The van der Waals surface area contributed by atoms with Gasteiger partial charge >= 0.3 is 0 Å². The SMILES string of the molecule is CCC(C)C(C)(CC)C(C)(C)[NH+]([O-])OC. The average Bonchev–Trinajstić information content (AvgIpc) is 2.24. The van der Waals surface area contributed by atoms with Gasteiger partial charge in [-0.3, -0.25) is 0 Å². The van der Waals surface area contributed by atoms with Gasteiger partial charge in [0.05, 0.1) is 7.11 Å². The second-order valence-corrected chi connectivity index (χ2v) is 5.20. The van der Waals surface area contributed by atoms with Crippen LogP contribution in [0.2, 0.25) is 0 Å². The lowest BCUT2D eigenvalue weighted by Crippen LogP contribution is -3.16. The molecule has 15 heavy (non-hydrogen) atoms. The van der Waals surface area contributed by atoms with Crippen LogP contribution < -0.4 is 5.23 Å². The smallest absolute Gasteiger partial charge is 0.127 e. The highest BCUT2D eigenvalue weighted by molar-refractivity contribution is 4.91. The van der Waals surface area contributed by atoms with Crippen molar-refractivity contribution in [2.45, 2.75) is 59.9 Å². The van der Waals surface area contributed by atoms with E-state index in [0.29, 0.717) is 5.92 Å². The van der Waals surface area contributed by atoms with Crippen molar-refractivity contribution in [3.8, 4) is 0 Å². The van der Waals surface area contributed by atoms with E-state index in [2.05, 4.69) is 27.7 Å². The van der Waals surface area contributed by atoms with Gasteiger partial charge in [0.2, 0.25) is 0 Å². The summed E-state index contributed by atoms with van der Waals surface area (Å²) in [5, 5.41) is 11.7. The van der Waals surface area contributed by atoms with E-state index in [-0.39, 0.29) is 10.6 Å². The summed E-state index contributed by atoms with van der Waals surface area (Å²) in [6, 6.07) is 0. The third kappa shape index (κ3) is 2.52. The molecule has 92 valence electrons. The molecule has 0 saturated carbocycles. The van der Waals surface area contributed by atoms with Gasteiger partial charge in [0.1, 0.15) is 5.54 Å². The third-order valence-electron chi connectivity index (χ3n) is 4.56. The highest BCUT2D eigenvalue weighted by Gasteiger charge is 2.48. The van der Waals surface area contributed by atoms with Crippen LogP contribution in [0.1, 0.15) is 54.4 Å². The van der Waals surface area contributed by atoms with Crippen LogP contribution in [-0.4, -0.2) is 12.6 Å². The fraction of sp³-hybridized carbons (Fsp3) is 1.00. The maximum atomic E-state index is 11.8. The Morgan fingerprint density at radius 3 is 2.00 bits per heavy atom. The van der Waals surface area contributed by atoms with Crippen LogP contribution in [0.15, 0.2) is 0 Å². The van der Waals surface area contributed by atoms with Crippen molar-refractivity contribution >= 4 is 0 Å². The first-order chi connectivity index (χ1) is 6.77. The average molecular weight is 217 g/mol. The van der Waals surface area contributed by atoms with Crippen LogP contribution in [0.3, 0.4) is 0 Å². The highest BCUT2D eigenvalue weighted by atomic mass is 16.9. The predicted molar refractivity (Wildman–Crippen MR) is 63.3 cm³/mol. The van der Waals surface area contributed by atoms with Crippen LogP contribution in [-0.2, 0) is 4.84 Å². The molecular formula is C12H27NO2. The Morgan fingerprint density at radius 1 is 1.27 bits per heavy atom. The fourth-order valence-electron chi connectivity index (χ4n) is 2.35. The van der Waals surface area contributed by atoms with Crippen molar-refractivity contribution in [2.24, 2.45) is 11.3 Å². The van der Waals surface area contributed by atoms with E-state index in [1.807, 2.05) is 13.8 Å². The molecule has 0 bridgehead atoms. The van der Waals surface area contributed by atoms with E-state index in [1.165, 1.54) is 7.11 Å². The quantitative estimate of drug-likeness (QED) is 0.692. The van der Waals surface area contributed by atoms with Gasteiger partial charge in [-0.1, -0.05) is 34.1 Å². The molecule has 0 fully saturated rings. The minimum absolute atomic E-state index is 0.00512. The van der Waals surface area contributed by atoms with Crippen LogP contribution in [0.25, 0.3) is 0 Å². The largest absolute Gasteiger partial charge is 0.599 e. The summed E-state index contributed by atoms with van der Waals surface area (Å²) >= 11 is 0. The van der Waals surface area contributed by atoms with E-state index >= 15 is 0 Å². The first-order valence-electron chi connectivity index (χ1n) is 5.86. The van der Waals surface area contributed by atoms with Crippen molar-refractivity contribution < 1.29 is 10.1 Å². The van der Waals surface area contributed by atoms with Gasteiger partial charge in [0.15, 0.2) is 0 Å². The van der Waals surface area contributed by atoms with Crippen LogP contribution in [0.5, 0.6) is 0 Å². The first-order valence-corrected chi connectivity index (χ1v) is 5.86. The second-order valence-electron chi connectivity index (χ2n) is 5.20. The van der Waals surface area contributed by atoms with Gasteiger partial charge in [-0.15, -0.1) is 0 Å². The topological polar surface area (TPSA) is 36.7 Å². The standard InChI is InChI=1S/C12H27NO2/c1-8-10(3)12(6,9-2)11(4,5)13(14)15-7/h10,13H,8-9H2,1-7H3. The van der Waals surface area contributed by atoms with Gasteiger partial charge in [-0.05, 0) is 26.2 Å². The summed E-state index contributed by atoms with van der Waals surface area (Å²) in [6.45, 7) is 12.7. The molecule has 0 heterocycles. The lowest BCUT2D eigenvalue weighted by molar-refractivity contribution is -1.09. The molecule has 0 aromatic rings. The summed E-state index contributed by atoms with van der Waals surface area (Å²) in [7, 11) is 1.47. The van der Waals surface area contributed by atoms with Gasteiger partial charge in [-0.2, -0.15) is 0 Å². The molecule has 0 rings (SSSR count). The summed E-state index contributed by atoms with van der Waals surface area (Å²) in [6.07, 6.45) is 2.08. The molecule has 0 aliphatic heterocycles. The molecule has 0 radical (unpaired) electrons. The first kappa shape index (κ1) is 14.9. The predicted octanol–water partition coefficient (Wildman–Crippen LogP) is 2.17. The van der Waals surface area contributed by atoms with E-state index < -0.39 is 5.54 Å². The maximum absolute atomic E-state index is 11.8. The number of hydrogen-bond donors (Lipinski definition) is 1. The van der Waals surface area contributed by atoms with Crippen LogP contribution in [0.4, 0.5) is 0 Å². The van der Waals surface area contributed by atoms with E-state index in [0.717, 1.165) is 12.8 Å². The molecule has 3 unspecified atom stereocenters. The maximum Gasteiger partial charge on any atom is 0.127 e. The molecule has 1 N–H and O–H groups in total. The molecule has 3 atom stereocenters. The molecule has 0 spiro atoms. The molecule has 3 nitrogen and oxygen atoms in total. The second kappa shape index (κ2) is 5.28. The van der Waals surface area contributed by atoms with Crippen LogP contribution >= 0.6 is 0 Å². The van der Waals surface area contributed by atoms with E-state index in [9.17, 15) is 5.21 Å². The number of rotatable bonds is 6. The molecule has 0 saturated heterocycles. The zero-order valence-electron chi connectivity index (χ0n) is 11.3. The van der Waals surface area contributed by atoms with Gasteiger partial charge < -0.3 is 5.21 Å². The number of nitrogens with one attached hydrogen (secondary N) is 1. The van der Waals surface area contributed by atoms with E-state index in [4.69, 9.17) is 4.84 Å².